The number of rotatable bonds is 1. The fourth-order valence-electron chi connectivity index (χ4n) is 1.35. The predicted octanol–water partition coefficient (Wildman–Crippen LogP) is 2.88. The molecule has 0 fully saturated rings. The Bertz CT molecular complexity index is 465. The molecule has 0 unspecified atom stereocenters. The number of hydrogen-bond acceptors (Lipinski definition) is 1. The summed E-state index contributed by atoms with van der Waals surface area (Å²) in [5.74, 6) is -0.271. The lowest BCUT2D eigenvalue weighted by atomic mass is 10.1. The van der Waals surface area contributed by atoms with Crippen LogP contribution in [0.1, 0.15) is 0 Å². The zero-order valence-corrected chi connectivity index (χ0v) is 8.29. The Labute approximate surface area is 85.9 Å². The fraction of sp³-hybridized carbons (Fsp3) is 0.100. The highest BCUT2D eigenvalue weighted by atomic mass is 35.5. The Morgan fingerprint density at radius 2 is 2.07 bits per heavy atom. The normalized spacial score (nSPS) is 10.5. The minimum Gasteiger partial charge on any atom is -0.266 e. The molecule has 2 nitrogen and oxygen atoms in total. The van der Waals surface area contributed by atoms with Crippen LogP contribution >= 0.6 is 11.6 Å². The minimum atomic E-state index is -0.271. The molecule has 2 aromatic rings. The van der Waals surface area contributed by atoms with Crippen LogP contribution in [0.2, 0.25) is 5.15 Å². The van der Waals surface area contributed by atoms with Crippen LogP contribution < -0.4 is 0 Å². The third kappa shape index (κ3) is 1.51. The molecule has 0 atom stereocenters. The van der Waals surface area contributed by atoms with Crippen molar-refractivity contribution in [3.8, 4) is 11.3 Å². The van der Waals surface area contributed by atoms with Crippen LogP contribution in [0.25, 0.3) is 11.3 Å². The molecule has 0 bridgehead atoms. The van der Waals surface area contributed by atoms with Gasteiger partial charge in [-0.05, 0) is 12.1 Å². The zero-order valence-electron chi connectivity index (χ0n) is 7.54. The Hall–Kier alpha value is -1.35. The van der Waals surface area contributed by atoms with Crippen LogP contribution in [0.15, 0.2) is 30.3 Å². The molecule has 0 aliphatic heterocycles. The summed E-state index contributed by atoms with van der Waals surface area (Å²) in [6.45, 7) is 0. The number of nitrogens with zero attached hydrogens (tertiary/aromatic N) is 2. The van der Waals surface area contributed by atoms with Gasteiger partial charge >= 0.3 is 0 Å². The lowest BCUT2D eigenvalue weighted by molar-refractivity contribution is 0.628. The van der Waals surface area contributed by atoms with Crippen molar-refractivity contribution in [3.63, 3.8) is 0 Å². The smallest absolute Gasteiger partial charge is 0.151 e. The van der Waals surface area contributed by atoms with Crippen molar-refractivity contribution in [1.29, 1.82) is 0 Å². The second-order valence-corrected chi connectivity index (χ2v) is 3.34. The number of benzene rings is 1. The van der Waals surface area contributed by atoms with E-state index in [0.29, 0.717) is 16.4 Å². The van der Waals surface area contributed by atoms with Crippen molar-refractivity contribution in [2.24, 2.45) is 7.05 Å². The molecule has 72 valence electrons. The quantitative estimate of drug-likeness (QED) is 0.708. The summed E-state index contributed by atoms with van der Waals surface area (Å²) in [6, 6.07) is 8.18. The first-order chi connectivity index (χ1) is 6.68. The van der Waals surface area contributed by atoms with Crippen molar-refractivity contribution in [2.75, 3.05) is 0 Å². The van der Waals surface area contributed by atoms with Crippen molar-refractivity contribution in [3.05, 3.63) is 41.3 Å². The summed E-state index contributed by atoms with van der Waals surface area (Å²) in [6.07, 6.45) is 0. The molecule has 0 saturated heterocycles. The maximum atomic E-state index is 13.4. The number of aryl methyl sites for hydroxylation is 1. The first kappa shape index (κ1) is 9.21. The van der Waals surface area contributed by atoms with Gasteiger partial charge in [0, 0.05) is 18.7 Å². The van der Waals surface area contributed by atoms with Gasteiger partial charge in [0.25, 0.3) is 0 Å². The topological polar surface area (TPSA) is 17.8 Å². The lowest BCUT2D eigenvalue weighted by Gasteiger charge is -2.02. The molecular weight excluding hydrogens is 203 g/mol. The summed E-state index contributed by atoms with van der Waals surface area (Å²) in [5.41, 5.74) is 1.18. The molecule has 0 amide bonds. The maximum Gasteiger partial charge on any atom is 0.151 e. The number of aromatic nitrogens is 2. The second kappa shape index (κ2) is 3.42. The maximum absolute atomic E-state index is 13.4. The predicted molar refractivity (Wildman–Crippen MR) is 53.6 cm³/mol. The molecule has 1 heterocycles. The van der Waals surface area contributed by atoms with Crippen LogP contribution in [0.3, 0.4) is 0 Å². The van der Waals surface area contributed by atoms with Crippen LogP contribution in [0.5, 0.6) is 0 Å². The van der Waals surface area contributed by atoms with Gasteiger partial charge < -0.3 is 0 Å². The molecule has 0 aliphatic rings. The van der Waals surface area contributed by atoms with Crippen LogP contribution in [0.4, 0.5) is 4.39 Å². The number of halogens is 2. The molecule has 4 heteroatoms. The molecule has 0 N–H and O–H groups in total. The van der Waals surface area contributed by atoms with Gasteiger partial charge in [0.15, 0.2) is 5.15 Å². The molecule has 0 saturated carbocycles. The minimum absolute atomic E-state index is 0.271. The van der Waals surface area contributed by atoms with E-state index in [1.165, 1.54) is 6.07 Å². The third-order valence-electron chi connectivity index (χ3n) is 2.00. The van der Waals surface area contributed by atoms with E-state index in [0.717, 1.165) is 0 Å². The van der Waals surface area contributed by atoms with Crippen molar-refractivity contribution in [2.45, 2.75) is 0 Å². The monoisotopic (exact) mass is 210 g/mol. The van der Waals surface area contributed by atoms with Crippen molar-refractivity contribution in [1.82, 2.24) is 9.78 Å². The molecule has 0 spiro atoms. The van der Waals surface area contributed by atoms with Gasteiger partial charge in [0.2, 0.25) is 0 Å². The van der Waals surface area contributed by atoms with E-state index in [1.54, 1.807) is 36.0 Å². The summed E-state index contributed by atoms with van der Waals surface area (Å²) in [4.78, 5) is 0. The average molecular weight is 211 g/mol. The summed E-state index contributed by atoms with van der Waals surface area (Å²) < 4.78 is 14.9. The summed E-state index contributed by atoms with van der Waals surface area (Å²) in [7, 11) is 1.73. The Morgan fingerprint density at radius 1 is 1.36 bits per heavy atom. The Kier molecular flexibility index (Phi) is 2.25. The van der Waals surface area contributed by atoms with Gasteiger partial charge in [-0.25, -0.2) is 4.39 Å². The van der Waals surface area contributed by atoms with E-state index in [2.05, 4.69) is 5.10 Å². The van der Waals surface area contributed by atoms with Gasteiger partial charge in [-0.1, -0.05) is 23.7 Å². The van der Waals surface area contributed by atoms with Crippen LogP contribution in [0, 0.1) is 5.82 Å². The highest BCUT2D eigenvalue weighted by Gasteiger charge is 2.09. The summed E-state index contributed by atoms with van der Waals surface area (Å²) >= 11 is 5.71. The van der Waals surface area contributed by atoms with E-state index in [9.17, 15) is 4.39 Å². The van der Waals surface area contributed by atoms with E-state index in [-0.39, 0.29) is 5.82 Å². The Morgan fingerprint density at radius 3 is 2.64 bits per heavy atom. The van der Waals surface area contributed by atoms with E-state index in [1.807, 2.05) is 0 Å². The third-order valence-corrected chi connectivity index (χ3v) is 2.18. The van der Waals surface area contributed by atoms with Crippen LogP contribution in [-0.2, 0) is 7.05 Å². The molecule has 0 radical (unpaired) electrons. The standard InChI is InChI=1S/C10H8ClFN2/c1-14-9(6-10(11)13-14)7-4-2-3-5-8(7)12/h2-6H,1H3. The van der Waals surface area contributed by atoms with Crippen LogP contribution in [-0.4, -0.2) is 9.78 Å². The van der Waals surface area contributed by atoms with Gasteiger partial charge in [-0.3, -0.25) is 4.68 Å². The highest BCUT2D eigenvalue weighted by molar-refractivity contribution is 6.29. The fourth-order valence-corrected chi connectivity index (χ4v) is 1.57. The first-order valence-electron chi connectivity index (χ1n) is 4.13. The van der Waals surface area contributed by atoms with Gasteiger partial charge in [0.05, 0.1) is 5.69 Å². The summed E-state index contributed by atoms with van der Waals surface area (Å²) in [5, 5.41) is 4.31. The zero-order chi connectivity index (χ0) is 10.1. The SMILES string of the molecule is Cn1nc(Cl)cc1-c1ccccc1F. The Balaban J connectivity index is 2.60. The van der Waals surface area contributed by atoms with Gasteiger partial charge in [-0.15, -0.1) is 0 Å². The van der Waals surface area contributed by atoms with Gasteiger partial charge in [-0.2, -0.15) is 5.10 Å². The van der Waals surface area contributed by atoms with Crippen molar-refractivity contribution < 1.29 is 4.39 Å². The number of hydrogen-bond donors (Lipinski definition) is 0. The van der Waals surface area contributed by atoms with E-state index in [4.69, 9.17) is 11.6 Å². The lowest BCUT2D eigenvalue weighted by Crippen LogP contribution is -1.94. The van der Waals surface area contributed by atoms with E-state index < -0.39 is 0 Å². The molecule has 0 aliphatic carbocycles. The van der Waals surface area contributed by atoms with E-state index >= 15 is 0 Å². The largest absolute Gasteiger partial charge is 0.266 e. The van der Waals surface area contributed by atoms with Gasteiger partial charge in [0.1, 0.15) is 5.82 Å². The molecule has 1 aromatic heterocycles. The molecule has 1 aromatic carbocycles. The second-order valence-electron chi connectivity index (χ2n) is 2.96. The van der Waals surface area contributed by atoms with Crippen molar-refractivity contribution >= 4 is 11.6 Å². The molecular formula is C10H8ClFN2. The molecule has 2 rings (SSSR count). The highest BCUT2D eigenvalue weighted by Crippen LogP contribution is 2.24. The first-order valence-corrected chi connectivity index (χ1v) is 4.51. The molecule has 14 heavy (non-hydrogen) atoms. The average Bonchev–Trinajstić information content (AvgIpc) is 2.46.